The van der Waals surface area contributed by atoms with Crippen molar-refractivity contribution in [1.29, 1.82) is 0 Å². The van der Waals surface area contributed by atoms with E-state index in [9.17, 15) is 0 Å². The summed E-state index contributed by atoms with van der Waals surface area (Å²) < 4.78 is 5.85. The van der Waals surface area contributed by atoms with Crippen molar-refractivity contribution in [3.8, 4) is 0 Å². The first-order valence-corrected chi connectivity index (χ1v) is 6.98. The molecule has 3 unspecified atom stereocenters. The van der Waals surface area contributed by atoms with Gasteiger partial charge in [-0.1, -0.05) is 19.9 Å². The predicted octanol–water partition coefficient (Wildman–Crippen LogP) is 2.79. The Bertz CT molecular complexity index is 619. The molecule has 2 aliphatic rings. The van der Waals surface area contributed by atoms with Crippen LogP contribution in [-0.2, 0) is 4.74 Å². The number of ether oxygens (including phenoxy) is 1. The largest absolute Gasteiger partial charge is 0.381 e. The maximum atomic E-state index is 5.85. The third-order valence-electron chi connectivity index (χ3n) is 4.90. The zero-order chi connectivity index (χ0) is 13.0. The van der Waals surface area contributed by atoms with Crippen LogP contribution in [0.4, 0.5) is 5.69 Å². The molecule has 1 aromatic heterocycles. The number of aromatic nitrogens is 2. The van der Waals surface area contributed by atoms with E-state index < -0.39 is 0 Å². The second kappa shape index (κ2) is 3.73. The highest BCUT2D eigenvalue weighted by molar-refractivity contribution is 5.91. The van der Waals surface area contributed by atoms with Crippen LogP contribution >= 0.6 is 0 Å². The average Bonchev–Trinajstić information content (AvgIpc) is 3.03. The summed E-state index contributed by atoms with van der Waals surface area (Å²) >= 11 is 0. The van der Waals surface area contributed by atoms with Crippen molar-refractivity contribution in [2.24, 2.45) is 11.3 Å². The Kier molecular flexibility index (Phi) is 2.22. The molecule has 1 saturated heterocycles. The molecule has 4 nitrogen and oxygen atoms in total. The van der Waals surface area contributed by atoms with Crippen LogP contribution in [0, 0.1) is 11.3 Å². The Labute approximate surface area is 112 Å². The third-order valence-corrected chi connectivity index (χ3v) is 4.90. The van der Waals surface area contributed by atoms with E-state index in [4.69, 9.17) is 4.74 Å². The first-order valence-electron chi connectivity index (χ1n) is 6.98. The lowest BCUT2D eigenvalue weighted by Crippen LogP contribution is -2.63. The Morgan fingerprint density at radius 1 is 1.42 bits per heavy atom. The molecule has 0 radical (unpaired) electrons. The van der Waals surface area contributed by atoms with Crippen molar-refractivity contribution in [1.82, 2.24) is 10.2 Å². The molecule has 2 aromatic rings. The molecule has 0 amide bonds. The van der Waals surface area contributed by atoms with Crippen molar-refractivity contribution >= 4 is 16.6 Å². The molecule has 4 heteroatoms. The van der Waals surface area contributed by atoms with Gasteiger partial charge >= 0.3 is 0 Å². The lowest BCUT2D eigenvalue weighted by atomic mass is 9.57. The van der Waals surface area contributed by atoms with Gasteiger partial charge in [0, 0.05) is 35.1 Å². The monoisotopic (exact) mass is 257 g/mol. The number of nitrogens with one attached hydrogen (secondary N) is 2. The Morgan fingerprint density at radius 2 is 2.32 bits per heavy atom. The number of anilines is 1. The smallest absolute Gasteiger partial charge is 0.0694 e. The minimum atomic E-state index is 0.201. The summed E-state index contributed by atoms with van der Waals surface area (Å²) in [5.41, 5.74) is 2.46. The summed E-state index contributed by atoms with van der Waals surface area (Å²) in [7, 11) is 0. The van der Waals surface area contributed by atoms with E-state index in [1.54, 1.807) is 0 Å². The van der Waals surface area contributed by atoms with Crippen LogP contribution in [-0.4, -0.2) is 29.0 Å². The van der Waals surface area contributed by atoms with Crippen LogP contribution in [0.15, 0.2) is 24.4 Å². The van der Waals surface area contributed by atoms with E-state index in [0.717, 1.165) is 12.1 Å². The van der Waals surface area contributed by atoms with Crippen LogP contribution in [0.25, 0.3) is 10.9 Å². The SMILES string of the molecule is CC1(C)C(Nc2cccc3[nH]ncc23)C2CCOC21. The van der Waals surface area contributed by atoms with Gasteiger partial charge in [0.1, 0.15) is 0 Å². The standard InChI is InChI=1S/C15H19N3O/c1-15(2)13(9-6-7-19-14(9)15)17-11-4-3-5-12-10(11)8-16-18-12/h3-5,8-9,13-14,17H,6-7H2,1-2H3,(H,16,18). The summed E-state index contributed by atoms with van der Waals surface area (Å²) in [5.74, 6) is 0.650. The third kappa shape index (κ3) is 1.46. The van der Waals surface area contributed by atoms with E-state index in [-0.39, 0.29) is 5.41 Å². The van der Waals surface area contributed by atoms with E-state index in [0.29, 0.717) is 18.1 Å². The molecule has 2 heterocycles. The van der Waals surface area contributed by atoms with Gasteiger partial charge in [-0.3, -0.25) is 5.10 Å². The number of hydrogen-bond acceptors (Lipinski definition) is 3. The van der Waals surface area contributed by atoms with Crippen LogP contribution in [0.5, 0.6) is 0 Å². The summed E-state index contributed by atoms with van der Waals surface area (Å²) in [6, 6.07) is 6.75. The number of hydrogen-bond donors (Lipinski definition) is 2. The molecule has 2 fully saturated rings. The lowest BCUT2D eigenvalue weighted by Gasteiger charge is -2.55. The minimum Gasteiger partial charge on any atom is -0.381 e. The number of benzene rings is 1. The minimum absolute atomic E-state index is 0.201. The number of rotatable bonds is 2. The fourth-order valence-corrected chi connectivity index (χ4v) is 3.88. The van der Waals surface area contributed by atoms with Gasteiger partial charge in [-0.05, 0) is 18.6 Å². The lowest BCUT2D eigenvalue weighted by molar-refractivity contribution is -0.0922. The van der Waals surface area contributed by atoms with E-state index in [1.165, 1.54) is 17.5 Å². The molecule has 3 atom stereocenters. The predicted molar refractivity (Wildman–Crippen MR) is 75.1 cm³/mol. The molecule has 0 spiro atoms. The highest BCUT2D eigenvalue weighted by atomic mass is 16.5. The molecular weight excluding hydrogens is 238 g/mol. The number of H-pyrrole nitrogens is 1. The molecule has 19 heavy (non-hydrogen) atoms. The fourth-order valence-electron chi connectivity index (χ4n) is 3.88. The van der Waals surface area contributed by atoms with E-state index in [2.05, 4.69) is 47.6 Å². The van der Waals surface area contributed by atoms with Crippen LogP contribution in [0.2, 0.25) is 0 Å². The highest BCUT2D eigenvalue weighted by Gasteiger charge is 2.59. The topological polar surface area (TPSA) is 49.9 Å². The van der Waals surface area contributed by atoms with Crippen molar-refractivity contribution < 1.29 is 4.74 Å². The molecule has 1 aliphatic heterocycles. The normalized spacial score (nSPS) is 32.0. The first-order chi connectivity index (χ1) is 9.18. The molecule has 1 saturated carbocycles. The summed E-state index contributed by atoms with van der Waals surface area (Å²) in [6.45, 7) is 5.51. The van der Waals surface area contributed by atoms with Gasteiger partial charge < -0.3 is 10.1 Å². The molecule has 0 bridgehead atoms. The van der Waals surface area contributed by atoms with Crippen molar-refractivity contribution in [2.45, 2.75) is 32.4 Å². The number of aromatic amines is 1. The molecule has 100 valence electrons. The second-order valence-electron chi connectivity index (χ2n) is 6.32. The zero-order valence-electron chi connectivity index (χ0n) is 11.3. The average molecular weight is 257 g/mol. The Balaban J connectivity index is 1.66. The van der Waals surface area contributed by atoms with Crippen molar-refractivity contribution in [2.75, 3.05) is 11.9 Å². The van der Waals surface area contributed by atoms with Crippen LogP contribution in [0.1, 0.15) is 20.3 Å². The molecule has 2 N–H and O–H groups in total. The van der Waals surface area contributed by atoms with Gasteiger partial charge in [0.25, 0.3) is 0 Å². The summed E-state index contributed by atoms with van der Waals surface area (Å²) in [4.78, 5) is 0. The first kappa shape index (κ1) is 11.3. The highest BCUT2D eigenvalue weighted by Crippen LogP contribution is 2.53. The quantitative estimate of drug-likeness (QED) is 0.869. The Hall–Kier alpha value is -1.55. The molecular formula is C15H19N3O. The molecule has 1 aromatic carbocycles. The van der Waals surface area contributed by atoms with E-state index in [1.807, 2.05) is 6.20 Å². The summed E-state index contributed by atoms with van der Waals surface area (Å²) in [5, 5.41) is 12.0. The van der Waals surface area contributed by atoms with Crippen molar-refractivity contribution in [3.05, 3.63) is 24.4 Å². The van der Waals surface area contributed by atoms with Gasteiger partial charge in [-0.2, -0.15) is 5.10 Å². The van der Waals surface area contributed by atoms with Crippen LogP contribution < -0.4 is 5.32 Å². The van der Waals surface area contributed by atoms with Crippen molar-refractivity contribution in [3.63, 3.8) is 0 Å². The zero-order valence-corrected chi connectivity index (χ0v) is 11.3. The fraction of sp³-hybridized carbons (Fsp3) is 0.533. The van der Waals surface area contributed by atoms with E-state index >= 15 is 0 Å². The van der Waals surface area contributed by atoms with Gasteiger partial charge in [0.15, 0.2) is 0 Å². The maximum Gasteiger partial charge on any atom is 0.0694 e. The van der Waals surface area contributed by atoms with Gasteiger partial charge in [0.05, 0.1) is 17.8 Å². The van der Waals surface area contributed by atoms with Gasteiger partial charge in [-0.25, -0.2) is 0 Å². The molecule has 1 aliphatic carbocycles. The van der Waals surface area contributed by atoms with Crippen LogP contribution in [0.3, 0.4) is 0 Å². The summed E-state index contributed by atoms with van der Waals surface area (Å²) in [6.07, 6.45) is 3.49. The second-order valence-corrected chi connectivity index (χ2v) is 6.32. The number of nitrogens with zero attached hydrogens (tertiary/aromatic N) is 1. The van der Waals surface area contributed by atoms with Gasteiger partial charge in [-0.15, -0.1) is 0 Å². The maximum absolute atomic E-state index is 5.85. The number of fused-ring (bicyclic) bond motifs is 2. The Morgan fingerprint density at radius 3 is 3.21 bits per heavy atom. The van der Waals surface area contributed by atoms with Gasteiger partial charge in [0.2, 0.25) is 0 Å². The molecule has 4 rings (SSSR count).